The van der Waals surface area contributed by atoms with Gasteiger partial charge in [0.1, 0.15) is 11.9 Å². The third kappa shape index (κ3) is 4.01. The Morgan fingerprint density at radius 1 is 1.21 bits per heavy atom. The molecule has 1 saturated heterocycles. The first-order valence-electron chi connectivity index (χ1n) is 9.00. The Hall–Kier alpha value is -1.75. The number of morpholine rings is 1. The van der Waals surface area contributed by atoms with Crippen LogP contribution in [0.25, 0.3) is 0 Å². The van der Waals surface area contributed by atoms with Gasteiger partial charge in [-0.15, -0.1) is 0 Å². The summed E-state index contributed by atoms with van der Waals surface area (Å²) < 4.78 is 11.2. The maximum absolute atomic E-state index is 12.7. The van der Waals surface area contributed by atoms with Gasteiger partial charge in [0.15, 0.2) is 0 Å². The number of methoxy groups -OCH3 is 1. The van der Waals surface area contributed by atoms with E-state index < -0.39 is 0 Å². The highest BCUT2D eigenvalue weighted by Gasteiger charge is 2.31. The normalized spacial score (nSPS) is 25.3. The minimum absolute atomic E-state index is 0.0520. The summed E-state index contributed by atoms with van der Waals surface area (Å²) in [5.74, 6) is 0.829. The van der Waals surface area contributed by atoms with Gasteiger partial charge in [-0.05, 0) is 37.5 Å². The van der Waals surface area contributed by atoms with E-state index in [-0.39, 0.29) is 18.2 Å². The molecular weight excluding hydrogens is 304 g/mol. The molecule has 1 aromatic carbocycles. The molecule has 1 saturated carbocycles. The molecule has 5 heteroatoms. The Labute approximate surface area is 144 Å². The fraction of sp³-hybridized carbons (Fsp3) is 0.632. The van der Waals surface area contributed by atoms with Gasteiger partial charge < -0.3 is 19.7 Å². The van der Waals surface area contributed by atoms with Crippen LogP contribution in [0.3, 0.4) is 0 Å². The van der Waals surface area contributed by atoms with Crippen molar-refractivity contribution in [3.63, 3.8) is 0 Å². The van der Waals surface area contributed by atoms with Crippen molar-refractivity contribution in [2.75, 3.05) is 20.3 Å². The number of carbonyl (C=O) groups is 1. The summed E-state index contributed by atoms with van der Waals surface area (Å²) in [5.41, 5.74) is 1.08. The number of urea groups is 1. The maximum atomic E-state index is 12.7. The highest BCUT2D eigenvalue weighted by atomic mass is 16.5. The molecule has 1 aliphatic heterocycles. The van der Waals surface area contributed by atoms with E-state index >= 15 is 0 Å². The van der Waals surface area contributed by atoms with Crippen LogP contribution in [0, 0.1) is 0 Å². The van der Waals surface area contributed by atoms with Crippen molar-refractivity contribution in [1.82, 2.24) is 10.2 Å². The Morgan fingerprint density at radius 3 is 2.58 bits per heavy atom. The predicted octanol–water partition coefficient (Wildman–Crippen LogP) is 3.50. The number of hydrogen-bond acceptors (Lipinski definition) is 3. The zero-order valence-corrected chi connectivity index (χ0v) is 14.7. The summed E-state index contributed by atoms with van der Waals surface area (Å²) >= 11 is 0. The Kier molecular flexibility index (Phi) is 5.61. The molecule has 1 aromatic rings. The highest BCUT2D eigenvalue weighted by Crippen LogP contribution is 2.27. The van der Waals surface area contributed by atoms with Crippen molar-refractivity contribution < 1.29 is 14.3 Å². The molecule has 0 bridgehead atoms. The molecule has 2 unspecified atom stereocenters. The van der Waals surface area contributed by atoms with Crippen LogP contribution in [0.15, 0.2) is 24.3 Å². The number of carbonyl (C=O) groups excluding carboxylic acids is 1. The third-order valence-electron chi connectivity index (χ3n) is 5.11. The molecule has 0 radical (unpaired) electrons. The summed E-state index contributed by atoms with van der Waals surface area (Å²) in [6, 6.07) is 8.37. The number of benzene rings is 1. The van der Waals surface area contributed by atoms with Crippen molar-refractivity contribution in [3.05, 3.63) is 29.8 Å². The van der Waals surface area contributed by atoms with E-state index in [4.69, 9.17) is 9.47 Å². The molecule has 3 rings (SSSR count). The van der Waals surface area contributed by atoms with Crippen LogP contribution >= 0.6 is 0 Å². The van der Waals surface area contributed by atoms with E-state index in [0.717, 1.165) is 24.2 Å². The van der Waals surface area contributed by atoms with Crippen LogP contribution in [0.1, 0.15) is 50.7 Å². The van der Waals surface area contributed by atoms with Crippen molar-refractivity contribution in [1.29, 1.82) is 0 Å². The minimum Gasteiger partial charge on any atom is -0.497 e. The molecule has 1 N–H and O–H groups in total. The maximum Gasteiger partial charge on any atom is 0.318 e. The second kappa shape index (κ2) is 7.88. The van der Waals surface area contributed by atoms with Gasteiger partial charge in [0.05, 0.1) is 26.3 Å². The second-order valence-electron chi connectivity index (χ2n) is 6.88. The predicted molar refractivity (Wildman–Crippen MR) is 93.3 cm³/mol. The Morgan fingerprint density at radius 2 is 1.92 bits per heavy atom. The van der Waals surface area contributed by atoms with E-state index in [1.54, 1.807) is 7.11 Å². The van der Waals surface area contributed by atoms with Gasteiger partial charge in [0, 0.05) is 6.04 Å². The van der Waals surface area contributed by atoms with Gasteiger partial charge in [-0.2, -0.15) is 0 Å². The summed E-state index contributed by atoms with van der Waals surface area (Å²) in [4.78, 5) is 14.6. The van der Waals surface area contributed by atoms with Gasteiger partial charge in [-0.25, -0.2) is 4.79 Å². The summed E-state index contributed by atoms with van der Waals surface area (Å²) in [5, 5.41) is 3.22. The van der Waals surface area contributed by atoms with Gasteiger partial charge in [-0.1, -0.05) is 31.4 Å². The monoisotopic (exact) mass is 332 g/mol. The van der Waals surface area contributed by atoms with Crippen LogP contribution in [0.2, 0.25) is 0 Å². The summed E-state index contributed by atoms with van der Waals surface area (Å²) in [7, 11) is 1.66. The standard InChI is InChI=1S/C19H28N2O3/c1-14-13-24-18(15-8-10-17(23-2)11-9-15)12-21(14)19(22)20-16-6-4-3-5-7-16/h8-11,14,16,18H,3-7,12-13H2,1-2H3,(H,20,22). The number of nitrogens with one attached hydrogen (secondary N) is 1. The lowest BCUT2D eigenvalue weighted by Crippen LogP contribution is -2.54. The fourth-order valence-corrected chi connectivity index (χ4v) is 3.56. The van der Waals surface area contributed by atoms with E-state index in [0.29, 0.717) is 19.2 Å². The van der Waals surface area contributed by atoms with Gasteiger partial charge in [0.25, 0.3) is 0 Å². The van der Waals surface area contributed by atoms with Crippen LogP contribution in [0.4, 0.5) is 4.79 Å². The van der Waals surface area contributed by atoms with E-state index in [9.17, 15) is 4.79 Å². The number of amides is 2. The third-order valence-corrected chi connectivity index (χ3v) is 5.11. The van der Waals surface area contributed by atoms with Crippen LogP contribution in [-0.4, -0.2) is 43.3 Å². The highest BCUT2D eigenvalue weighted by molar-refractivity contribution is 5.75. The van der Waals surface area contributed by atoms with Crippen molar-refractivity contribution in [2.24, 2.45) is 0 Å². The lowest BCUT2D eigenvalue weighted by atomic mass is 9.95. The lowest BCUT2D eigenvalue weighted by Gasteiger charge is -2.39. The SMILES string of the molecule is COc1ccc(C2CN(C(=O)NC3CCCCC3)C(C)CO2)cc1. The first kappa shape index (κ1) is 17.1. The van der Waals surface area contributed by atoms with Crippen LogP contribution in [0.5, 0.6) is 5.75 Å². The molecule has 1 aliphatic carbocycles. The number of ether oxygens (including phenoxy) is 2. The molecule has 0 aromatic heterocycles. The van der Waals surface area contributed by atoms with Gasteiger partial charge in [-0.3, -0.25) is 0 Å². The lowest BCUT2D eigenvalue weighted by molar-refractivity contribution is -0.0432. The molecule has 2 aliphatic rings. The number of nitrogens with zero attached hydrogens (tertiary/aromatic N) is 1. The van der Waals surface area contributed by atoms with Crippen molar-refractivity contribution in [3.8, 4) is 5.75 Å². The minimum atomic E-state index is -0.0794. The molecule has 2 amide bonds. The number of hydrogen-bond donors (Lipinski definition) is 1. The average molecular weight is 332 g/mol. The Balaban J connectivity index is 1.62. The average Bonchev–Trinajstić information content (AvgIpc) is 2.63. The van der Waals surface area contributed by atoms with Gasteiger partial charge in [0.2, 0.25) is 0 Å². The van der Waals surface area contributed by atoms with Crippen LogP contribution < -0.4 is 10.1 Å². The summed E-state index contributed by atoms with van der Waals surface area (Å²) in [6.07, 6.45) is 5.86. The quantitative estimate of drug-likeness (QED) is 0.922. The van der Waals surface area contributed by atoms with Gasteiger partial charge >= 0.3 is 6.03 Å². The molecule has 2 atom stereocenters. The number of rotatable bonds is 3. The largest absolute Gasteiger partial charge is 0.497 e. The topological polar surface area (TPSA) is 50.8 Å². The molecule has 24 heavy (non-hydrogen) atoms. The Bertz CT molecular complexity index is 540. The molecular formula is C19H28N2O3. The molecule has 2 fully saturated rings. The molecule has 132 valence electrons. The zero-order chi connectivity index (χ0) is 16.9. The van der Waals surface area contributed by atoms with Crippen molar-refractivity contribution >= 4 is 6.03 Å². The fourth-order valence-electron chi connectivity index (χ4n) is 3.56. The van der Waals surface area contributed by atoms with E-state index in [1.807, 2.05) is 36.1 Å². The smallest absolute Gasteiger partial charge is 0.318 e. The van der Waals surface area contributed by atoms with Crippen molar-refractivity contribution in [2.45, 2.75) is 57.2 Å². The summed E-state index contributed by atoms with van der Waals surface area (Å²) in [6.45, 7) is 3.20. The first-order chi connectivity index (χ1) is 11.7. The second-order valence-corrected chi connectivity index (χ2v) is 6.88. The molecule has 1 heterocycles. The van der Waals surface area contributed by atoms with E-state index in [2.05, 4.69) is 5.32 Å². The molecule has 5 nitrogen and oxygen atoms in total. The van der Waals surface area contributed by atoms with Crippen LogP contribution in [-0.2, 0) is 4.74 Å². The first-order valence-corrected chi connectivity index (χ1v) is 9.00. The zero-order valence-electron chi connectivity index (χ0n) is 14.7. The van der Waals surface area contributed by atoms with E-state index in [1.165, 1.54) is 19.3 Å². The molecule has 0 spiro atoms.